The van der Waals surface area contributed by atoms with Gasteiger partial charge in [0.15, 0.2) is 6.10 Å². The number of ether oxygens (including phenoxy) is 3. The second kappa shape index (κ2) is 16.6. The van der Waals surface area contributed by atoms with E-state index in [1.165, 1.54) is 0 Å². The smallest absolute Gasteiger partial charge is 0.347 e. The average molecular weight is 568 g/mol. The van der Waals surface area contributed by atoms with E-state index >= 15 is 0 Å². The van der Waals surface area contributed by atoms with E-state index in [0.29, 0.717) is 24.8 Å². The summed E-state index contributed by atoms with van der Waals surface area (Å²) in [6.45, 7) is 12.8. The lowest BCUT2D eigenvalue weighted by Gasteiger charge is -2.32. The van der Waals surface area contributed by atoms with Crippen LogP contribution in [0.2, 0.25) is 0 Å². The molecule has 0 aliphatic carbocycles. The minimum Gasteiger partial charge on any atom is -0.460 e. The minimum atomic E-state index is -1.05. The predicted molar refractivity (Wildman–Crippen MR) is 152 cm³/mol. The summed E-state index contributed by atoms with van der Waals surface area (Å²) < 4.78 is 16.5. The maximum Gasteiger partial charge on any atom is 0.347 e. The molecule has 8 nitrogen and oxygen atoms in total. The molecule has 0 bridgehead atoms. The lowest BCUT2D eigenvalue weighted by molar-refractivity contribution is -0.180. The summed E-state index contributed by atoms with van der Waals surface area (Å²) in [5, 5.41) is 10.4. The van der Waals surface area contributed by atoms with Gasteiger partial charge in [0.2, 0.25) is 0 Å². The van der Waals surface area contributed by atoms with Crippen molar-refractivity contribution in [2.45, 2.75) is 98.0 Å². The van der Waals surface area contributed by atoms with Gasteiger partial charge < -0.3 is 25.1 Å². The fraction of sp³-hybridized carbons (Fsp3) is 0.633. The van der Waals surface area contributed by atoms with Crippen molar-refractivity contribution in [1.29, 1.82) is 0 Å². The van der Waals surface area contributed by atoms with Crippen LogP contribution in [0.1, 0.15) is 84.2 Å². The van der Waals surface area contributed by atoms with Gasteiger partial charge >= 0.3 is 17.9 Å². The molecule has 3 N–H and O–H groups in total. The molecule has 9 heteroatoms. The van der Waals surface area contributed by atoms with Gasteiger partial charge in [0.05, 0.1) is 23.4 Å². The van der Waals surface area contributed by atoms with Crippen LogP contribution < -0.4 is 5.73 Å². The van der Waals surface area contributed by atoms with E-state index in [9.17, 15) is 19.5 Å². The minimum absolute atomic E-state index is 0.0845. The van der Waals surface area contributed by atoms with Crippen LogP contribution in [0, 0.1) is 17.3 Å². The average Bonchev–Trinajstić information content (AvgIpc) is 2.91. The number of carbonyl (C=O) groups excluding carboxylic acids is 3. The number of aliphatic hydroxyl groups is 1. The van der Waals surface area contributed by atoms with Crippen molar-refractivity contribution >= 4 is 29.5 Å². The Kier molecular flexibility index (Phi) is 14.8. The van der Waals surface area contributed by atoms with E-state index in [2.05, 4.69) is 0 Å². The number of alkyl halides is 1. The number of benzene rings is 1. The van der Waals surface area contributed by atoms with Gasteiger partial charge in [-0.25, -0.2) is 4.79 Å². The van der Waals surface area contributed by atoms with Crippen LogP contribution in [0.3, 0.4) is 0 Å². The summed E-state index contributed by atoms with van der Waals surface area (Å²) in [6.07, 6.45) is 2.14. The molecule has 0 aromatic heterocycles. The van der Waals surface area contributed by atoms with Crippen molar-refractivity contribution in [2.24, 2.45) is 23.0 Å². The van der Waals surface area contributed by atoms with E-state index < -0.39 is 52.9 Å². The van der Waals surface area contributed by atoms with Crippen LogP contribution in [-0.4, -0.2) is 47.9 Å². The highest BCUT2D eigenvalue weighted by molar-refractivity contribution is 6.21. The third kappa shape index (κ3) is 11.3. The molecule has 5 atom stereocenters. The molecule has 0 saturated carbocycles. The molecular weight excluding hydrogens is 522 g/mol. The predicted octanol–water partition coefficient (Wildman–Crippen LogP) is 5.24. The van der Waals surface area contributed by atoms with E-state index in [0.717, 1.165) is 5.56 Å². The first-order valence-electron chi connectivity index (χ1n) is 13.6. The number of carbonyl (C=O) groups is 3. The third-order valence-electron chi connectivity index (χ3n) is 6.80. The molecule has 1 aromatic carbocycles. The normalized spacial score (nSPS) is 15.9. The summed E-state index contributed by atoms with van der Waals surface area (Å²) in [5.74, 6) is -2.04. The molecule has 220 valence electrons. The lowest BCUT2D eigenvalue weighted by atomic mass is 9.90. The molecular formula is C30H46ClNO7. The first-order chi connectivity index (χ1) is 18.3. The molecule has 0 radical (unpaired) electrons. The lowest BCUT2D eigenvalue weighted by Crippen LogP contribution is -2.40. The first kappa shape index (κ1) is 34.6. The van der Waals surface area contributed by atoms with Gasteiger partial charge in [-0.3, -0.25) is 9.59 Å². The van der Waals surface area contributed by atoms with E-state index in [1.54, 1.807) is 45.0 Å². The number of aliphatic hydroxyl groups excluding tert-OH is 1. The summed E-state index contributed by atoms with van der Waals surface area (Å²) >= 11 is 6.66. The molecule has 0 fully saturated rings. The molecule has 0 unspecified atom stereocenters. The number of nitrogens with two attached hydrogens (primary N) is 1. The molecule has 0 aliphatic rings. The summed E-state index contributed by atoms with van der Waals surface area (Å²) in [7, 11) is 0. The van der Waals surface area contributed by atoms with E-state index in [1.807, 2.05) is 39.8 Å². The van der Waals surface area contributed by atoms with Gasteiger partial charge in [-0.1, -0.05) is 64.1 Å². The van der Waals surface area contributed by atoms with Crippen molar-refractivity contribution in [3.05, 3.63) is 47.5 Å². The number of hydrogen-bond donors (Lipinski definition) is 2. The Morgan fingerprint density at radius 3 is 2.23 bits per heavy atom. The van der Waals surface area contributed by atoms with Crippen LogP contribution in [0.25, 0.3) is 0 Å². The Bertz CT molecular complexity index is 945. The molecule has 0 aliphatic heterocycles. The molecule has 0 spiro atoms. The molecule has 0 saturated heterocycles. The number of rotatable bonds is 16. The first-order valence-corrected chi connectivity index (χ1v) is 14.0. The fourth-order valence-corrected chi connectivity index (χ4v) is 4.00. The largest absolute Gasteiger partial charge is 0.460 e. The van der Waals surface area contributed by atoms with Crippen LogP contribution in [0.4, 0.5) is 0 Å². The zero-order valence-electron chi connectivity index (χ0n) is 24.3. The van der Waals surface area contributed by atoms with Crippen molar-refractivity contribution in [1.82, 2.24) is 0 Å². The van der Waals surface area contributed by atoms with Crippen molar-refractivity contribution < 1.29 is 33.7 Å². The van der Waals surface area contributed by atoms with Crippen molar-refractivity contribution in [2.75, 3.05) is 6.54 Å². The van der Waals surface area contributed by atoms with E-state index in [-0.39, 0.29) is 19.1 Å². The monoisotopic (exact) mass is 567 g/mol. The number of hydrogen-bond acceptors (Lipinski definition) is 8. The van der Waals surface area contributed by atoms with Gasteiger partial charge in [-0.05, 0) is 50.7 Å². The highest BCUT2D eigenvalue weighted by Crippen LogP contribution is 2.32. The molecule has 0 amide bonds. The SMILES string of the molecule is CC=CC[C@H](OC(=O)[C@H](CC(C)C)OC(=O)C(C)(C)CC)[C@H](C)[C@@H](O)[C@@H](Cl)c1ccc(COC(=O)CN)cc1. The fourth-order valence-electron chi connectivity index (χ4n) is 3.62. The van der Waals surface area contributed by atoms with Crippen molar-refractivity contribution in [3.63, 3.8) is 0 Å². The van der Waals surface area contributed by atoms with Crippen molar-refractivity contribution in [3.8, 4) is 0 Å². The molecule has 39 heavy (non-hydrogen) atoms. The summed E-state index contributed by atoms with van der Waals surface area (Å²) in [5.41, 5.74) is 5.94. The Hall–Kier alpha value is -2.42. The number of esters is 3. The van der Waals surface area contributed by atoms with Crippen LogP contribution >= 0.6 is 11.6 Å². The van der Waals surface area contributed by atoms with Crippen LogP contribution in [-0.2, 0) is 35.2 Å². The quantitative estimate of drug-likeness (QED) is 0.120. The molecule has 1 aromatic rings. The van der Waals surface area contributed by atoms with Gasteiger partial charge in [-0.2, -0.15) is 0 Å². The summed E-state index contributed by atoms with van der Waals surface area (Å²) in [4.78, 5) is 37.3. The standard InChI is InChI=1S/C30H46ClNO7/c1-8-10-11-23(38-28(35)24(16-19(3)4)39-29(36)30(6,7)9-2)20(5)27(34)26(31)22-14-12-21(13-15-22)18-37-25(33)17-32/h8,10,12-15,19-20,23-24,26-27,34H,9,11,16-18,32H2,1-7H3/t20-,23-,24-,26-,27+/m0/s1. The van der Waals surface area contributed by atoms with E-state index in [4.69, 9.17) is 31.5 Å². The third-order valence-corrected chi connectivity index (χ3v) is 7.31. The van der Waals surface area contributed by atoms with Gasteiger partial charge in [0.25, 0.3) is 0 Å². The van der Waals surface area contributed by atoms with Crippen LogP contribution in [0.5, 0.6) is 0 Å². The topological polar surface area (TPSA) is 125 Å². The second-order valence-corrected chi connectivity index (χ2v) is 11.4. The van der Waals surface area contributed by atoms with Gasteiger partial charge in [0.1, 0.15) is 12.7 Å². The zero-order chi connectivity index (χ0) is 29.8. The second-order valence-electron chi connectivity index (χ2n) is 10.9. The highest BCUT2D eigenvalue weighted by atomic mass is 35.5. The summed E-state index contributed by atoms with van der Waals surface area (Å²) in [6, 6.07) is 7.01. The zero-order valence-corrected chi connectivity index (χ0v) is 25.1. The maximum atomic E-state index is 13.3. The number of halogens is 1. The Morgan fingerprint density at radius 1 is 1.10 bits per heavy atom. The van der Waals surface area contributed by atoms with Gasteiger partial charge in [0, 0.05) is 12.3 Å². The number of allylic oxidation sites excluding steroid dienone is 1. The van der Waals surface area contributed by atoms with Crippen LogP contribution in [0.15, 0.2) is 36.4 Å². The Morgan fingerprint density at radius 2 is 1.72 bits per heavy atom. The molecule has 1 rings (SSSR count). The highest BCUT2D eigenvalue weighted by Gasteiger charge is 2.37. The van der Waals surface area contributed by atoms with Gasteiger partial charge in [-0.15, -0.1) is 11.6 Å². The Labute approximate surface area is 238 Å². The Balaban J connectivity index is 3.03. The molecule has 0 heterocycles. The maximum absolute atomic E-state index is 13.3.